The summed E-state index contributed by atoms with van der Waals surface area (Å²) in [4.78, 5) is 16.3. The molecule has 2 aromatic heterocycles. The van der Waals surface area contributed by atoms with E-state index in [0.29, 0.717) is 0 Å². The summed E-state index contributed by atoms with van der Waals surface area (Å²) in [5.74, 6) is 0.180. The Morgan fingerprint density at radius 1 is 1.19 bits per heavy atom. The minimum Gasteiger partial charge on any atom is -0.326 e. The zero-order valence-corrected chi connectivity index (χ0v) is 16.4. The number of benzene rings is 1. The van der Waals surface area contributed by atoms with Gasteiger partial charge < -0.3 is 5.32 Å². The van der Waals surface area contributed by atoms with Gasteiger partial charge in [-0.15, -0.1) is 11.3 Å². The molecule has 0 spiro atoms. The van der Waals surface area contributed by atoms with Crippen LogP contribution in [-0.2, 0) is 11.3 Å². The third-order valence-electron chi connectivity index (χ3n) is 4.87. The first-order valence-corrected chi connectivity index (χ1v) is 10.2. The molecule has 1 saturated heterocycles. The largest absolute Gasteiger partial charge is 0.326 e. The molecule has 1 amide bonds. The third kappa shape index (κ3) is 4.58. The molecule has 3 aromatic rings. The summed E-state index contributed by atoms with van der Waals surface area (Å²) in [6.07, 6.45) is 5.41. The molecule has 4 rings (SSSR count). The first-order chi connectivity index (χ1) is 13.2. The topological polar surface area (TPSA) is 50.2 Å². The Kier molecular flexibility index (Phi) is 5.57. The number of likely N-dealkylation sites (tertiary alicyclic amines) is 1. The van der Waals surface area contributed by atoms with E-state index >= 15 is 0 Å². The fourth-order valence-corrected chi connectivity index (χ4v) is 4.50. The Labute approximate surface area is 167 Å². The van der Waals surface area contributed by atoms with Gasteiger partial charge >= 0.3 is 0 Å². The number of thiophene rings is 1. The molecule has 0 radical (unpaired) electrons. The molecule has 0 unspecified atom stereocenters. The Morgan fingerprint density at radius 2 is 1.96 bits per heavy atom. The molecule has 1 aliphatic heterocycles. The normalized spacial score (nSPS) is 15.7. The van der Waals surface area contributed by atoms with Gasteiger partial charge in [0.2, 0.25) is 5.91 Å². The Hall–Kier alpha value is -2.15. The van der Waals surface area contributed by atoms with Crippen LogP contribution in [-0.4, -0.2) is 33.7 Å². The summed E-state index contributed by atoms with van der Waals surface area (Å²) in [5, 5.41) is 7.26. The molecule has 0 atom stereocenters. The number of nitrogens with one attached hydrogen (secondary N) is 1. The zero-order valence-electron chi connectivity index (χ0n) is 14.8. The van der Waals surface area contributed by atoms with E-state index in [4.69, 9.17) is 11.6 Å². The highest BCUT2D eigenvalue weighted by Gasteiger charge is 2.25. The lowest BCUT2D eigenvalue weighted by atomic mass is 9.95. The minimum absolute atomic E-state index is 0.0685. The Bertz CT molecular complexity index is 883. The van der Waals surface area contributed by atoms with Crippen molar-refractivity contribution in [1.82, 2.24) is 14.7 Å². The number of nitrogens with zero attached hydrogens (tertiary/aromatic N) is 3. The number of anilines is 1. The van der Waals surface area contributed by atoms with Crippen molar-refractivity contribution in [1.29, 1.82) is 0 Å². The van der Waals surface area contributed by atoms with Gasteiger partial charge in [-0.2, -0.15) is 5.10 Å². The van der Waals surface area contributed by atoms with Crippen LogP contribution in [0.3, 0.4) is 0 Å². The van der Waals surface area contributed by atoms with Crippen molar-refractivity contribution in [2.75, 3.05) is 18.4 Å². The van der Waals surface area contributed by atoms with E-state index in [-0.39, 0.29) is 11.8 Å². The highest BCUT2D eigenvalue weighted by molar-refractivity contribution is 7.16. The lowest BCUT2D eigenvalue weighted by molar-refractivity contribution is -0.121. The molecule has 1 fully saturated rings. The van der Waals surface area contributed by atoms with Gasteiger partial charge in [0.25, 0.3) is 0 Å². The van der Waals surface area contributed by atoms with Crippen LogP contribution in [0.2, 0.25) is 4.34 Å². The van der Waals surface area contributed by atoms with Crippen LogP contribution >= 0.6 is 22.9 Å². The van der Waals surface area contributed by atoms with Gasteiger partial charge in [0, 0.05) is 35.4 Å². The first kappa shape index (κ1) is 18.2. The number of hydrogen-bond acceptors (Lipinski definition) is 4. The lowest BCUT2D eigenvalue weighted by Gasteiger charge is -2.30. The van der Waals surface area contributed by atoms with Gasteiger partial charge in [-0.25, -0.2) is 4.68 Å². The number of amides is 1. The lowest BCUT2D eigenvalue weighted by Crippen LogP contribution is -2.37. The SMILES string of the molecule is O=C(Nc1ccc(-n2cccn2)cc1)C1CCN(Cc2ccc(Cl)s2)CC1. The average Bonchev–Trinajstić information content (AvgIpc) is 3.35. The summed E-state index contributed by atoms with van der Waals surface area (Å²) in [6.45, 7) is 2.79. The number of carbonyl (C=O) groups excluding carboxylic acids is 1. The van der Waals surface area contributed by atoms with E-state index in [1.165, 1.54) is 4.88 Å². The van der Waals surface area contributed by atoms with Crippen LogP contribution in [0.1, 0.15) is 17.7 Å². The maximum atomic E-state index is 12.6. The maximum Gasteiger partial charge on any atom is 0.227 e. The van der Waals surface area contributed by atoms with Crippen molar-refractivity contribution >= 4 is 34.5 Å². The molecule has 0 bridgehead atoms. The van der Waals surface area contributed by atoms with Crippen molar-refractivity contribution in [3.63, 3.8) is 0 Å². The standard InChI is InChI=1S/C20H21ClN4OS/c21-19-7-6-18(27-19)14-24-12-8-15(9-13-24)20(26)23-16-2-4-17(5-3-16)25-11-1-10-22-25/h1-7,10-11,15H,8-9,12-14H2,(H,23,26). The second kappa shape index (κ2) is 8.25. The molecule has 3 heterocycles. The Morgan fingerprint density at radius 3 is 2.59 bits per heavy atom. The van der Waals surface area contributed by atoms with Gasteiger partial charge in [-0.05, 0) is 68.4 Å². The first-order valence-electron chi connectivity index (χ1n) is 9.05. The summed E-state index contributed by atoms with van der Waals surface area (Å²) < 4.78 is 2.63. The van der Waals surface area contributed by atoms with Crippen LogP contribution in [0.4, 0.5) is 5.69 Å². The van der Waals surface area contributed by atoms with E-state index < -0.39 is 0 Å². The second-order valence-electron chi connectivity index (χ2n) is 6.74. The van der Waals surface area contributed by atoms with E-state index in [9.17, 15) is 4.79 Å². The van der Waals surface area contributed by atoms with Crippen LogP contribution in [0.15, 0.2) is 54.9 Å². The number of piperidine rings is 1. The second-order valence-corrected chi connectivity index (χ2v) is 8.54. The average molecular weight is 401 g/mol. The van der Waals surface area contributed by atoms with Crippen molar-refractivity contribution in [2.24, 2.45) is 5.92 Å². The van der Waals surface area contributed by atoms with Gasteiger partial charge in [0.15, 0.2) is 0 Å². The molecule has 1 aliphatic rings. The van der Waals surface area contributed by atoms with Crippen molar-refractivity contribution in [3.8, 4) is 5.69 Å². The highest BCUT2D eigenvalue weighted by Crippen LogP contribution is 2.26. The third-order valence-corrected chi connectivity index (χ3v) is 6.09. The van der Waals surface area contributed by atoms with Crippen LogP contribution < -0.4 is 5.32 Å². The minimum atomic E-state index is 0.0685. The molecular formula is C20H21ClN4OS. The number of rotatable bonds is 5. The predicted octanol–water partition coefficient (Wildman–Crippen LogP) is 4.44. The molecule has 0 saturated carbocycles. The number of carbonyl (C=O) groups is 1. The number of halogens is 1. The molecule has 0 aliphatic carbocycles. The van der Waals surface area contributed by atoms with E-state index in [1.54, 1.807) is 22.2 Å². The zero-order chi connectivity index (χ0) is 18.6. The summed E-state index contributed by atoms with van der Waals surface area (Å²) in [6, 6.07) is 13.7. The van der Waals surface area contributed by atoms with Crippen LogP contribution in [0.25, 0.3) is 5.69 Å². The smallest absolute Gasteiger partial charge is 0.227 e. The quantitative estimate of drug-likeness (QED) is 0.688. The molecule has 1 aromatic carbocycles. The monoisotopic (exact) mass is 400 g/mol. The predicted molar refractivity (Wildman–Crippen MR) is 110 cm³/mol. The molecule has 1 N–H and O–H groups in total. The van der Waals surface area contributed by atoms with Crippen molar-refractivity contribution in [3.05, 3.63) is 64.1 Å². The van der Waals surface area contributed by atoms with Gasteiger partial charge in [-0.1, -0.05) is 11.6 Å². The maximum absolute atomic E-state index is 12.6. The number of aromatic nitrogens is 2. The van der Waals surface area contributed by atoms with Gasteiger partial charge in [-0.3, -0.25) is 9.69 Å². The Balaban J connectivity index is 1.28. The molecule has 7 heteroatoms. The van der Waals surface area contributed by atoms with Gasteiger partial charge in [0.1, 0.15) is 0 Å². The molecule has 27 heavy (non-hydrogen) atoms. The molecule has 5 nitrogen and oxygen atoms in total. The summed E-state index contributed by atoms with van der Waals surface area (Å²) >= 11 is 7.63. The van der Waals surface area contributed by atoms with Crippen LogP contribution in [0, 0.1) is 5.92 Å². The van der Waals surface area contributed by atoms with Gasteiger partial charge in [0.05, 0.1) is 10.0 Å². The van der Waals surface area contributed by atoms with Crippen molar-refractivity contribution < 1.29 is 4.79 Å². The summed E-state index contributed by atoms with van der Waals surface area (Å²) in [5.41, 5.74) is 1.80. The van der Waals surface area contributed by atoms with E-state index in [1.807, 2.05) is 42.6 Å². The van der Waals surface area contributed by atoms with E-state index in [0.717, 1.165) is 48.2 Å². The van der Waals surface area contributed by atoms with Crippen molar-refractivity contribution in [2.45, 2.75) is 19.4 Å². The number of hydrogen-bond donors (Lipinski definition) is 1. The van der Waals surface area contributed by atoms with Crippen LogP contribution in [0.5, 0.6) is 0 Å². The fourth-order valence-electron chi connectivity index (χ4n) is 3.37. The van der Waals surface area contributed by atoms with E-state index in [2.05, 4.69) is 21.4 Å². The molecular weight excluding hydrogens is 380 g/mol. The highest BCUT2D eigenvalue weighted by atomic mass is 35.5. The summed E-state index contributed by atoms with van der Waals surface area (Å²) in [7, 11) is 0. The molecule has 140 valence electrons. The fraction of sp³-hybridized carbons (Fsp3) is 0.300.